The maximum absolute atomic E-state index is 13.5. The number of aromatic carboxylic acids is 1. The Kier molecular flexibility index (Phi) is 4.79. The maximum atomic E-state index is 13.5. The molecule has 0 radical (unpaired) electrons. The van der Waals surface area contributed by atoms with Crippen LogP contribution in [0.1, 0.15) is 24.2 Å². The Bertz CT molecular complexity index is 461. The highest BCUT2D eigenvalue weighted by molar-refractivity contribution is 5.95. The van der Waals surface area contributed by atoms with E-state index in [-0.39, 0.29) is 11.3 Å². The Labute approximate surface area is 104 Å². The summed E-state index contributed by atoms with van der Waals surface area (Å²) in [4.78, 5) is 22.2. The van der Waals surface area contributed by atoms with E-state index in [1.807, 2.05) is 0 Å². The summed E-state index contributed by atoms with van der Waals surface area (Å²) < 4.78 is 18.6. The first-order valence-corrected chi connectivity index (χ1v) is 5.41. The average Bonchev–Trinajstić information content (AvgIpc) is 2.31. The average molecular weight is 255 g/mol. The highest BCUT2D eigenvalue weighted by atomic mass is 19.1. The summed E-state index contributed by atoms with van der Waals surface area (Å²) in [6.45, 7) is 3.66. The molecule has 18 heavy (non-hydrogen) atoms. The van der Waals surface area contributed by atoms with Gasteiger partial charge in [-0.15, -0.1) is 0 Å². The molecule has 0 aliphatic rings. The molecule has 1 amide bonds. The van der Waals surface area contributed by atoms with Crippen LogP contribution in [0.4, 0.5) is 10.1 Å². The van der Waals surface area contributed by atoms with E-state index in [4.69, 9.17) is 9.84 Å². The van der Waals surface area contributed by atoms with Crippen molar-refractivity contribution < 1.29 is 23.8 Å². The van der Waals surface area contributed by atoms with Gasteiger partial charge in [0.2, 0.25) is 0 Å². The predicted molar refractivity (Wildman–Crippen MR) is 63.1 cm³/mol. The third-order valence-corrected chi connectivity index (χ3v) is 2.26. The van der Waals surface area contributed by atoms with Gasteiger partial charge in [-0.25, -0.2) is 9.18 Å². The Morgan fingerprint density at radius 2 is 2.17 bits per heavy atom. The van der Waals surface area contributed by atoms with Crippen molar-refractivity contribution in [2.45, 2.75) is 20.0 Å². The van der Waals surface area contributed by atoms with Crippen LogP contribution in [0.2, 0.25) is 0 Å². The van der Waals surface area contributed by atoms with Gasteiger partial charge in [0.1, 0.15) is 11.9 Å². The number of rotatable bonds is 5. The van der Waals surface area contributed by atoms with Crippen LogP contribution in [0, 0.1) is 5.82 Å². The number of hydrogen-bond donors (Lipinski definition) is 2. The van der Waals surface area contributed by atoms with E-state index in [0.29, 0.717) is 6.61 Å². The summed E-state index contributed by atoms with van der Waals surface area (Å²) in [7, 11) is 0. The number of nitrogens with one attached hydrogen (secondary N) is 1. The molecule has 98 valence electrons. The third kappa shape index (κ3) is 3.53. The summed E-state index contributed by atoms with van der Waals surface area (Å²) in [5.41, 5.74) is -0.250. The Morgan fingerprint density at radius 3 is 2.67 bits per heavy atom. The fraction of sp³-hybridized carbons (Fsp3) is 0.333. The second-order valence-electron chi connectivity index (χ2n) is 3.59. The molecule has 0 spiro atoms. The lowest BCUT2D eigenvalue weighted by atomic mass is 10.2. The topological polar surface area (TPSA) is 75.6 Å². The largest absolute Gasteiger partial charge is 0.478 e. The molecule has 6 heteroatoms. The zero-order valence-corrected chi connectivity index (χ0v) is 10.1. The number of amides is 1. The lowest BCUT2D eigenvalue weighted by Crippen LogP contribution is -2.28. The van der Waals surface area contributed by atoms with Crippen LogP contribution < -0.4 is 5.32 Å². The van der Waals surface area contributed by atoms with Gasteiger partial charge < -0.3 is 15.2 Å². The maximum Gasteiger partial charge on any atom is 0.335 e. The SMILES string of the molecule is CCOC(C)C(=O)Nc1ccc(C(=O)O)cc1F. The highest BCUT2D eigenvalue weighted by Gasteiger charge is 2.15. The number of carbonyl (C=O) groups excluding carboxylic acids is 1. The molecule has 0 aromatic heterocycles. The molecule has 1 aromatic rings. The van der Waals surface area contributed by atoms with Crippen LogP contribution in [0.3, 0.4) is 0 Å². The molecule has 0 saturated carbocycles. The van der Waals surface area contributed by atoms with Gasteiger partial charge in [-0.1, -0.05) is 0 Å². The molecule has 5 nitrogen and oxygen atoms in total. The minimum atomic E-state index is -1.23. The molecule has 0 aliphatic carbocycles. The molecule has 1 atom stereocenters. The first-order chi connectivity index (χ1) is 8.45. The van der Waals surface area contributed by atoms with Gasteiger partial charge in [0.05, 0.1) is 11.3 Å². The number of carboxylic acids is 1. The molecular formula is C12H14FNO4. The summed E-state index contributed by atoms with van der Waals surface area (Å²) in [6.07, 6.45) is -0.700. The van der Waals surface area contributed by atoms with Crippen molar-refractivity contribution in [3.63, 3.8) is 0 Å². The summed E-state index contributed by atoms with van der Waals surface area (Å²) in [5, 5.41) is 11.0. The van der Waals surface area contributed by atoms with Crippen molar-refractivity contribution in [1.82, 2.24) is 0 Å². The lowest BCUT2D eigenvalue weighted by Gasteiger charge is -2.12. The molecular weight excluding hydrogens is 241 g/mol. The minimum absolute atomic E-state index is 0.0726. The van der Waals surface area contributed by atoms with Crippen molar-refractivity contribution in [2.75, 3.05) is 11.9 Å². The minimum Gasteiger partial charge on any atom is -0.478 e. The first kappa shape index (κ1) is 14.1. The molecule has 0 saturated heterocycles. The normalized spacial score (nSPS) is 11.9. The van der Waals surface area contributed by atoms with E-state index in [0.717, 1.165) is 6.07 Å². The van der Waals surface area contributed by atoms with Crippen LogP contribution in [0.25, 0.3) is 0 Å². The van der Waals surface area contributed by atoms with Gasteiger partial charge in [-0.05, 0) is 32.0 Å². The van der Waals surface area contributed by atoms with E-state index in [1.165, 1.54) is 12.1 Å². The second kappa shape index (κ2) is 6.11. The quantitative estimate of drug-likeness (QED) is 0.842. The van der Waals surface area contributed by atoms with Gasteiger partial charge >= 0.3 is 5.97 Å². The fourth-order valence-corrected chi connectivity index (χ4v) is 1.31. The molecule has 1 unspecified atom stereocenters. The van der Waals surface area contributed by atoms with Crippen LogP contribution in [0.5, 0.6) is 0 Å². The predicted octanol–water partition coefficient (Wildman–Crippen LogP) is 1.89. The molecule has 0 aliphatic heterocycles. The molecule has 2 N–H and O–H groups in total. The van der Waals surface area contributed by atoms with Gasteiger partial charge in [0, 0.05) is 6.61 Å². The van der Waals surface area contributed by atoms with Crippen molar-refractivity contribution >= 4 is 17.6 Å². The molecule has 1 rings (SSSR count). The number of carbonyl (C=O) groups is 2. The monoisotopic (exact) mass is 255 g/mol. The molecule has 0 bridgehead atoms. The number of anilines is 1. The lowest BCUT2D eigenvalue weighted by molar-refractivity contribution is -0.126. The molecule has 0 heterocycles. The van der Waals surface area contributed by atoms with Crippen molar-refractivity contribution in [2.24, 2.45) is 0 Å². The van der Waals surface area contributed by atoms with E-state index in [9.17, 15) is 14.0 Å². The summed E-state index contributed by atoms with van der Waals surface area (Å²) in [5.74, 6) is -2.51. The number of carboxylic acid groups (broad SMARTS) is 1. The zero-order valence-electron chi connectivity index (χ0n) is 10.1. The van der Waals surface area contributed by atoms with Gasteiger partial charge in [-0.3, -0.25) is 4.79 Å². The number of ether oxygens (including phenoxy) is 1. The summed E-state index contributed by atoms with van der Waals surface area (Å²) in [6, 6.07) is 3.27. The highest BCUT2D eigenvalue weighted by Crippen LogP contribution is 2.16. The number of benzene rings is 1. The molecule has 0 fully saturated rings. The first-order valence-electron chi connectivity index (χ1n) is 5.41. The fourth-order valence-electron chi connectivity index (χ4n) is 1.31. The Balaban J connectivity index is 2.79. The zero-order chi connectivity index (χ0) is 13.7. The van der Waals surface area contributed by atoms with Crippen LogP contribution in [0.15, 0.2) is 18.2 Å². The van der Waals surface area contributed by atoms with Gasteiger partial charge in [-0.2, -0.15) is 0 Å². The van der Waals surface area contributed by atoms with Crippen molar-refractivity contribution in [1.29, 1.82) is 0 Å². The van der Waals surface area contributed by atoms with Crippen LogP contribution >= 0.6 is 0 Å². The van der Waals surface area contributed by atoms with Crippen molar-refractivity contribution in [3.05, 3.63) is 29.6 Å². The number of halogens is 1. The Morgan fingerprint density at radius 1 is 1.50 bits per heavy atom. The van der Waals surface area contributed by atoms with Gasteiger partial charge in [0.25, 0.3) is 5.91 Å². The standard InChI is InChI=1S/C12H14FNO4/c1-3-18-7(2)11(15)14-10-5-4-8(12(16)17)6-9(10)13/h4-7H,3H2,1-2H3,(H,14,15)(H,16,17). The summed E-state index contributed by atoms with van der Waals surface area (Å²) >= 11 is 0. The molecule has 1 aromatic carbocycles. The smallest absolute Gasteiger partial charge is 0.335 e. The second-order valence-corrected chi connectivity index (χ2v) is 3.59. The number of hydrogen-bond acceptors (Lipinski definition) is 3. The van der Waals surface area contributed by atoms with E-state index in [2.05, 4.69) is 5.32 Å². The van der Waals surface area contributed by atoms with Crippen molar-refractivity contribution in [3.8, 4) is 0 Å². The van der Waals surface area contributed by atoms with Gasteiger partial charge in [0.15, 0.2) is 0 Å². The van der Waals surface area contributed by atoms with E-state index >= 15 is 0 Å². The van der Waals surface area contributed by atoms with E-state index < -0.39 is 23.8 Å². The van der Waals surface area contributed by atoms with E-state index in [1.54, 1.807) is 13.8 Å². The Hall–Kier alpha value is -1.95. The third-order valence-electron chi connectivity index (χ3n) is 2.26. The van der Waals surface area contributed by atoms with Crippen LogP contribution in [-0.2, 0) is 9.53 Å². The van der Waals surface area contributed by atoms with Crippen LogP contribution in [-0.4, -0.2) is 29.7 Å².